The molecule has 0 saturated heterocycles. The summed E-state index contributed by atoms with van der Waals surface area (Å²) in [7, 11) is 1.48. The number of hydrogen-bond donors (Lipinski definition) is 1. The van der Waals surface area contributed by atoms with Gasteiger partial charge in [-0.3, -0.25) is 18.6 Å². The summed E-state index contributed by atoms with van der Waals surface area (Å²) in [5, 5.41) is 0. The fourth-order valence-electron chi connectivity index (χ4n) is 6.94. The smallest absolute Gasteiger partial charge is 0.462 e. The van der Waals surface area contributed by atoms with Crippen LogP contribution in [0.1, 0.15) is 232 Å². The molecule has 1 unspecified atom stereocenters. The first-order chi connectivity index (χ1) is 28.0. The van der Waals surface area contributed by atoms with Gasteiger partial charge in [-0.25, -0.2) is 4.57 Å². The molecule has 0 heterocycles. The summed E-state index contributed by atoms with van der Waals surface area (Å²) in [4.78, 5) is 35.4. The molecule has 0 aliphatic rings. The predicted octanol–water partition coefficient (Wildman–Crippen LogP) is 14.1. The number of ether oxygens (including phenoxy) is 2. The second-order valence-electron chi connectivity index (χ2n) is 17.9. The highest BCUT2D eigenvalue weighted by molar-refractivity contribution is 7.47. The summed E-state index contributed by atoms with van der Waals surface area (Å²) in [6.45, 7) is 4.41. The van der Waals surface area contributed by atoms with Crippen molar-refractivity contribution in [2.75, 3.05) is 47.5 Å². The molecule has 0 saturated carbocycles. The molecule has 344 valence electrons. The molecule has 0 radical (unpaired) electrons. The molecule has 0 aromatic rings. The van der Waals surface area contributed by atoms with Crippen LogP contribution in [0.5, 0.6) is 0 Å². The van der Waals surface area contributed by atoms with Crippen molar-refractivity contribution in [3.8, 4) is 0 Å². The van der Waals surface area contributed by atoms with Crippen molar-refractivity contribution in [2.45, 2.75) is 238 Å². The standard InChI is InChI=1S/C48H94NO8P/c1-6-8-10-12-14-16-18-19-20-21-22-23-24-25-26-27-28-29-31-32-34-36-38-40-47(50)54-44-46(45-56-58(52,53)55-43-42-49(3,4)5)57-48(51)41-39-37-35-33-30-17-15-13-11-9-7-2/h13,15,46H,6-12,14,16-45H2,1-5H3/p+1/b15-13+/t46-/m0/s1. The summed E-state index contributed by atoms with van der Waals surface area (Å²) in [6, 6.07) is 0. The summed E-state index contributed by atoms with van der Waals surface area (Å²) in [6.07, 6.45) is 44.2. The van der Waals surface area contributed by atoms with E-state index in [2.05, 4.69) is 26.0 Å². The van der Waals surface area contributed by atoms with Crippen molar-refractivity contribution in [1.82, 2.24) is 0 Å². The molecular formula is C48H95NO8P+. The monoisotopic (exact) mass is 845 g/mol. The molecule has 1 N–H and O–H groups in total. The van der Waals surface area contributed by atoms with Gasteiger partial charge >= 0.3 is 19.8 Å². The van der Waals surface area contributed by atoms with Crippen LogP contribution >= 0.6 is 7.82 Å². The van der Waals surface area contributed by atoms with Gasteiger partial charge in [-0.2, -0.15) is 0 Å². The Morgan fingerprint density at radius 3 is 1.33 bits per heavy atom. The van der Waals surface area contributed by atoms with Crippen molar-refractivity contribution in [3.05, 3.63) is 12.2 Å². The van der Waals surface area contributed by atoms with Gasteiger partial charge in [0.05, 0.1) is 27.7 Å². The van der Waals surface area contributed by atoms with Gasteiger partial charge in [-0.15, -0.1) is 0 Å². The average molecular weight is 845 g/mol. The van der Waals surface area contributed by atoms with Crippen LogP contribution in [0.15, 0.2) is 12.2 Å². The molecule has 0 rings (SSSR count). The lowest BCUT2D eigenvalue weighted by Gasteiger charge is -2.24. The maximum absolute atomic E-state index is 12.7. The molecule has 10 heteroatoms. The van der Waals surface area contributed by atoms with Gasteiger partial charge in [0, 0.05) is 12.8 Å². The van der Waals surface area contributed by atoms with Crippen LogP contribution < -0.4 is 0 Å². The molecule has 0 aliphatic carbocycles. The molecule has 0 aliphatic heterocycles. The van der Waals surface area contributed by atoms with E-state index in [-0.39, 0.29) is 25.6 Å². The number of carbonyl (C=O) groups excluding carboxylic acids is 2. The summed E-state index contributed by atoms with van der Waals surface area (Å²) in [5.74, 6) is -0.798. The number of carbonyl (C=O) groups is 2. The second-order valence-corrected chi connectivity index (χ2v) is 19.3. The Morgan fingerprint density at radius 1 is 0.517 bits per heavy atom. The lowest BCUT2D eigenvalue weighted by Crippen LogP contribution is -2.37. The topological polar surface area (TPSA) is 108 Å². The van der Waals surface area contributed by atoms with Crippen LogP contribution in [0.4, 0.5) is 0 Å². The minimum Gasteiger partial charge on any atom is -0.462 e. The number of rotatable bonds is 45. The average Bonchev–Trinajstić information content (AvgIpc) is 3.17. The molecular weight excluding hydrogens is 750 g/mol. The number of phosphoric acid groups is 1. The third kappa shape index (κ3) is 44.3. The Morgan fingerprint density at radius 2 is 0.897 bits per heavy atom. The van der Waals surface area contributed by atoms with Gasteiger partial charge in [0.1, 0.15) is 19.8 Å². The van der Waals surface area contributed by atoms with Crippen LogP contribution in [-0.4, -0.2) is 74.9 Å². The Bertz CT molecular complexity index is 1000. The van der Waals surface area contributed by atoms with E-state index in [1.54, 1.807) is 0 Å². The predicted molar refractivity (Wildman–Crippen MR) is 243 cm³/mol. The van der Waals surface area contributed by atoms with Crippen LogP contribution in [0.2, 0.25) is 0 Å². The quantitative estimate of drug-likeness (QED) is 0.0212. The van der Waals surface area contributed by atoms with Crippen LogP contribution in [-0.2, 0) is 32.7 Å². The second kappa shape index (κ2) is 41.1. The molecule has 0 fully saturated rings. The van der Waals surface area contributed by atoms with E-state index >= 15 is 0 Å². The van der Waals surface area contributed by atoms with Crippen molar-refractivity contribution >= 4 is 19.8 Å². The van der Waals surface area contributed by atoms with Crippen LogP contribution in [0.3, 0.4) is 0 Å². The highest BCUT2D eigenvalue weighted by atomic mass is 31.2. The van der Waals surface area contributed by atoms with Gasteiger partial charge in [0.15, 0.2) is 6.10 Å². The molecule has 2 atom stereocenters. The van der Waals surface area contributed by atoms with E-state index in [1.807, 2.05) is 21.1 Å². The number of esters is 2. The minimum atomic E-state index is -4.37. The largest absolute Gasteiger partial charge is 0.472 e. The number of nitrogens with zero attached hydrogens (tertiary/aromatic N) is 1. The summed E-state index contributed by atoms with van der Waals surface area (Å²) < 4.78 is 34.3. The van der Waals surface area contributed by atoms with Gasteiger partial charge in [-0.1, -0.05) is 199 Å². The van der Waals surface area contributed by atoms with Crippen LogP contribution in [0.25, 0.3) is 0 Å². The maximum atomic E-state index is 12.7. The number of phosphoric ester groups is 1. The molecule has 0 spiro atoms. The number of hydrogen-bond acceptors (Lipinski definition) is 7. The van der Waals surface area contributed by atoms with Crippen LogP contribution in [0, 0.1) is 0 Å². The Labute approximate surface area is 358 Å². The van der Waals surface area contributed by atoms with Gasteiger partial charge in [-0.05, 0) is 32.1 Å². The maximum Gasteiger partial charge on any atom is 0.472 e. The minimum absolute atomic E-state index is 0.0332. The zero-order chi connectivity index (χ0) is 42.8. The Balaban J connectivity index is 4.12. The zero-order valence-corrected chi connectivity index (χ0v) is 39.7. The van der Waals surface area contributed by atoms with Gasteiger partial charge < -0.3 is 18.9 Å². The Kier molecular flexibility index (Phi) is 40.2. The number of likely N-dealkylation sites (N-methyl/N-ethyl adjacent to an activating group) is 1. The van der Waals surface area contributed by atoms with Gasteiger partial charge in [0.25, 0.3) is 0 Å². The fourth-order valence-corrected chi connectivity index (χ4v) is 7.68. The normalized spacial score (nSPS) is 13.6. The van der Waals surface area contributed by atoms with Crippen molar-refractivity contribution in [3.63, 3.8) is 0 Å². The van der Waals surface area contributed by atoms with Crippen molar-refractivity contribution in [2.24, 2.45) is 0 Å². The fraction of sp³-hybridized carbons (Fsp3) is 0.917. The first-order valence-corrected chi connectivity index (χ1v) is 25.9. The highest BCUT2D eigenvalue weighted by Crippen LogP contribution is 2.43. The molecule has 0 amide bonds. The molecule has 9 nitrogen and oxygen atoms in total. The van der Waals surface area contributed by atoms with E-state index in [4.69, 9.17) is 18.5 Å². The van der Waals surface area contributed by atoms with E-state index < -0.39 is 26.5 Å². The Hall–Kier alpha value is -1.25. The summed E-state index contributed by atoms with van der Waals surface area (Å²) >= 11 is 0. The molecule has 0 bridgehead atoms. The molecule has 0 aromatic heterocycles. The van der Waals surface area contributed by atoms with E-state index in [0.29, 0.717) is 23.9 Å². The zero-order valence-electron chi connectivity index (χ0n) is 38.8. The van der Waals surface area contributed by atoms with E-state index in [1.165, 1.54) is 141 Å². The van der Waals surface area contributed by atoms with Crippen molar-refractivity contribution in [1.29, 1.82) is 0 Å². The van der Waals surface area contributed by atoms with Crippen molar-refractivity contribution < 1.29 is 42.1 Å². The summed E-state index contributed by atoms with van der Waals surface area (Å²) in [5.41, 5.74) is 0. The SMILES string of the molecule is CCCC/C=C/CCCCCCCC(=O)O[C@@H](COC(=O)CCCCCCCCCCCCCCCCCCCCCCCCC)COP(=O)(O)OCC[N+](C)(C)C. The highest BCUT2D eigenvalue weighted by Gasteiger charge is 2.27. The molecule has 58 heavy (non-hydrogen) atoms. The third-order valence-corrected chi connectivity index (χ3v) is 11.8. The first-order valence-electron chi connectivity index (χ1n) is 24.4. The van der Waals surface area contributed by atoms with E-state index in [9.17, 15) is 19.0 Å². The lowest BCUT2D eigenvalue weighted by atomic mass is 10.0. The number of quaternary nitrogens is 1. The number of allylic oxidation sites excluding steroid dienone is 2. The lowest BCUT2D eigenvalue weighted by molar-refractivity contribution is -0.870. The first kappa shape index (κ1) is 56.8. The van der Waals surface area contributed by atoms with Gasteiger partial charge in [0.2, 0.25) is 0 Å². The molecule has 0 aromatic carbocycles. The number of unbranched alkanes of at least 4 members (excludes halogenated alkanes) is 29. The van der Waals surface area contributed by atoms with E-state index in [0.717, 1.165) is 57.8 Å². The third-order valence-electron chi connectivity index (χ3n) is 10.8.